The van der Waals surface area contributed by atoms with Crippen molar-refractivity contribution in [2.45, 2.75) is 33.1 Å². The van der Waals surface area contributed by atoms with Crippen LogP contribution in [0.3, 0.4) is 0 Å². The van der Waals surface area contributed by atoms with Gasteiger partial charge >= 0.3 is 11.9 Å². The second-order valence-electron chi connectivity index (χ2n) is 6.33. The molecule has 0 saturated carbocycles. The number of carbonyl (C=O) groups is 2. The fourth-order valence-corrected chi connectivity index (χ4v) is 2.82. The fourth-order valence-electron chi connectivity index (χ4n) is 2.82. The van der Waals surface area contributed by atoms with Gasteiger partial charge in [0.2, 0.25) is 0 Å². The van der Waals surface area contributed by atoms with Crippen molar-refractivity contribution >= 4 is 17.5 Å². The Morgan fingerprint density at radius 2 is 1.91 bits per heavy atom. The lowest BCUT2D eigenvalue weighted by Gasteiger charge is -2.27. The van der Waals surface area contributed by atoms with E-state index in [4.69, 9.17) is 0 Å². The van der Waals surface area contributed by atoms with E-state index in [1.807, 2.05) is 13.8 Å². The summed E-state index contributed by atoms with van der Waals surface area (Å²) < 4.78 is 14.4. The molecule has 0 fully saturated rings. The molecule has 0 bridgehead atoms. The van der Waals surface area contributed by atoms with Gasteiger partial charge in [0, 0.05) is 11.1 Å². The first-order valence-corrected chi connectivity index (χ1v) is 7.34. The third kappa shape index (κ3) is 3.18. The number of carboxylic acid groups (broad SMARTS) is 2. The van der Waals surface area contributed by atoms with E-state index in [1.54, 1.807) is 12.1 Å². The Hall–Kier alpha value is -2.43. The minimum Gasteiger partial charge on any atom is -0.481 e. The van der Waals surface area contributed by atoms with Crippen LogP contribution in [0.15, 0.2) is 35.9 Å². The van der Waals surface area contributed by atoms with Crippen molar-refractivity contribution in [2.24, 2.45) is 5.41 Å². The van der Waals surface area contributed by atoms with Crippen LogP contribution in [0.1, 0.15) is 44.2 Å². The van der Waals surface area contributed by atoms with Gasteiger partial charge in [0.15, 0.2) is 0 Å². The molecule has 0 heterocycles. The highest BCUT2D eigenvalue weighted by molar-refractivity contribution is 5.96. The number of halogens is 1. The van der Waals surface area contributed by atoms with Crippen LogP contribution in [0.2, 0.25) is 0 Å². The molecule has 1 aliphatic carbocycles. The summed E-state index contributed by atoms with van der Waals surface area (Å²) in [6.07, 6.45) is 2.69. The molecule has 1 aliphatic rings. The van der Waals surface area contributed by atoms with E-state index in [0.717, 1.165) is 0 Å². The Balaban J connectivity index is 2.72. The first kappa shape index (κ1) is 16.9. The van der Waals surface area contributed by atoms with Crippen molar-refractivity contribution < 1.29 is 24.2 Å². The van der Waals surface area contributed by atoms with Gasteiger partial charge in [-0.1, -0.05) is 32.1 Å². The van der Waals surface area contributed by atoms with Crippen LogP contribution in [0.25, 0.3) is 5.57 Å². The largest absolute Gasteiger partial charge is 0.481 e. The monoisotopic (exact) mass is 318 g/mol. The summed E-state index contributed by atoms with van der Waals surface area (Å²) in [5.41, 5.74) is -0.125. The molecule has 0 amide bonds. The van der Waals surface area contributed by atoms with Crippen molar-refractivity contribution in [1.82, 2.24) is 0 Å². The summed E-state index contributed by atoms with van der Waals surface area (Å²) in [6.45, 7) is 5.25. The molecular formula is C18H19FO4. The van der Waals surface area contributed by atoms with Crippen LogP contribution >= 0.6 is 0 Å². The van der Waals surface area contributed by atoms with Gasteiger partial charge in [-0.25, -0.2) is 9.18 Å². The maximum absolute atomic E-state index is 14.4. The number of carboxylic acids is 2. The molecule has 0 spiro atoms. The average Bonchev–Trinajstić information content (AvgIpc) is 2.45. The van der Waals surface area contributed by atoms with Crippen molar-refractivity contribution in [3.63, 3.8) is 0 Å². The van der Waals surface area contributed by atoms with Crippen molar-refractivity contribution in [1.29, 1.82) is 0 Å². The molecular weight excluding hydrogens is 299 g/mol. The van der Waals surface area contributed by atoms with Crippen LogP contribution in [0.5, 0.6) is 0 Å². The lowest BCUT2D eigenvalue weighted by atomic mass is 9.75. The molecule has 5 heteroatoms. The zero-order chi connectivity index (χ0) is 17.4. The summed E-state index contributed by atoms with van der Waals surface area (Å²) in [5.74, 6) is -2.80. The molecule has 1 aromatic rings. The second-order valence-corrected chi connectivity index (χ2v) is 6.33. The number of hydrogen-bond acceptors (Lipinski definition) is 2. The van der Waals surface area contributed by atoms with Gasteiger partial charge in [-0.3, -0.25) is 4.79 Å². The van der Waals surface area contributed by atoms with E-state index < -0.39 is 23.2 Å². The maximum atomic E-state index is 14.4. The van der Waals surface area contributed by atoms with Crippen LogP contribution in [-0.2, 0) is 9.59 Å². The lowest BCUT2D eigenvalue weighted by molar-refractivity contribution is -0.145. The molecule has 4 nitrogen and oxygen atoms in total. The predicted octanol–water partition coefficient (Wildman–Crippen LogP) is 3.84. The van der Waals surface area contributed by atoms with Crippen LogP contribution < -0.4 is 0 Å². The summed E-state index contributed by atoms with van der Waals surface area (Å²) in [5, 5.41) is 18.7. The first-order valence-electron chi connectivity index (χ1n) is 7.34. The van der Waals surface area contributed by atoms with Gasteiger partial charge in [-0.2, -0.15) is 0 Å². The standard InChI is InChI=1S/C18H19FO4/c1-10(2)13-5-4-6-14(19)15(13)11-7-12(16(20)21)9-18(3,8-11)17(22)23/h4-8,10H,9H2,1-3H3,(H,20,21)(H,22,23). The van der Waals surface area contributed by atoms with E-state index in [0.29, 0.717) is 11.1 Å². The van der Waals surface area contributed by atoms with E-state index >= 15 is 0 Å². The van der Waals surface area contributed by atoms with Crippen molar-refractivity contribution in [3.8, 4) is 0 Å². The Morgan fingerprint density at radius 3 is 2.43 bits per heavy atom. The molecule has 122 valence electrons. The minimum atomic E-state index is -1.38. The summed E-state index contributed by atoms with van der Waals surface area (Å²) in [6, 6.07) is 4.66. The van der Waals surface area contributed by atoms with Gasteiger partial charge < -0.3 is 10.2 Å². The topological polar surface area (TPSA) is 74.6 Å². The van der Waals surface area contributed by atoms with Gasteiger partial charge in [-0.15, -0.1) is 0 Å². The highest BCUT2D eigenvalue weighted by Crippen LogP contribution is 2.40. The normalized spacial score (nSPS) is 20.9. The summed E-state index contributed by atoms with van der Waals surface area (Å²) >= 11 is 0. The summed E-state index contributed by atoms with van der Waals surface area (Å²) in [7, 11) is 0. The van der Waals surface area contributed by atoms with Gasteiger partial charge in [0.1, 0.15) is 5.82 Å². The Bertz CT molecular complexity index is 731. The highest BCUT2D eigenvalue weighted by Gasteiger charge is 2.37. The first-order chi connectivity index (χ1) is 10.7. The predicted molar refractivity (Wildman–Crippen MR) is 84.5 cm³/mol. The number of rotatable bonds is 4. The maximum Gasteiger partial charge on any atom is 0.331 e. The molecule has 2 rings (SSSR count). The molecule has 1 atom stereocenters. The molecule has 1 aromatic carbocycles. The van der Waals surface area contributed by atoms with Crippen molar-refractivity contribution in [2.75, 3.05) is 0 Å². The number of aliphatic carboxylic acids is 2. The summed E-state index contributed by atoms with van der Waals surface area (Å²) in [4.78, 5) is 22.9. The number of hydrogen-bond donors (Lipinski definition) is 2. The zero-order valence-electron chi connectivity index (χ0n) is 13.3. The molecule has 0 aliphatic heterocycles. The Morgan fingerprint density at radius 1 is 1.26 bits per heavy atom. The van der Waals surface area contributed by atoms with E-state index in [2.05, 4.69) is 0 Å². The van der Waals surface area contributed by atoms with E-state index in [9.17, 15) is 24.2 Å². The molecule has 0 radical (unpaired) electrons. The third-order valence-electron chi connectivity index (χ3n) is 4.08. The fraction of sp³-hybridized carbons (Fsp3) is 0.333. The second kappa shape index (κ2) is 5.99. The van der Waals surface area contributed by atoms with Crippen LogP contribution in [0, 0.1) is 11.2 Å². The SMILES string of the molecule is CC(C)c1cccc(F)c1C1=CC(C)(C(=O)O)CC(C(=O)O)=C1. The Kier molecular flexibility index (Phi) is 4.41. The number of allylic oxidation sites excluding steroid dienone is 2. The van der Waals surface area contributed by atoms with Crippen LogP contribution in [-0.4, -0.2) is 22.2 Å². The zero-order valence-corrected chi connectivity index (χ0v) is 13.3. The Labute approximate surface area is 134 Å². The molecule has 0 saturated heterocycles. The van der Waals surface area contributed by atoms with Gasteiger partial charge in [-0.05, 0) is 42.5 Å². The molecule has 23 heavy (non-hydrogen) atoms. The molecule has 0 aromatic heterocycles. The molecule has 2 N–H and O–H groups in total. The average molecular weight is 318 g/mol. The smallest absolute Gasteiger partial charge is 0.331 e. The minimum absolute atomic E-state index is 0.0151. The van der Waals surface area contributed by atoms with Crippen molar-refractivity contribution in [3.05, 3.63) is 52.9 Å². The van der Waals surface area contributed by atoms with E-state index in [-0.39, 0.29) is 23.5 Å². The third-order valence-corrected chi connectivity index (χ3v) is 4.08. The van der Waals surface area contributed by atoms with Gasteiger partial charge in [0.05, 0.1) is 5.41 Å². The number of benzene rings is 1. The van der Waals surface area contributed by atoms with E-state index in [1.165, 1.54) is 25.1 Å². The highest BCUT2D eigenvalue weighted by atomic mass is 19.1. The van der Waals surface area contributed by atoms with Gasteiger partial charge in [0.25, 0.3) is 0 Å². The lowest BCUT2D eigenvalue weighted by Crippen LogP contribution is -2.29. The quantitative estimate of drug-likeness (QED) is 0.884. The molecule has 1 unspecified atom stereocenters. The van der Waals surface area contributed by atoms with Crippen LogP contribution in [0.4, 0.5) is 4.39 Å².